The van der Waals surface area contributed by atoms with E-state index in [4.69, 9.17) is 16.3 Å². The fourth-order valence-electron chi connectivity index (χ4n) is 3.08. The summed E-state index contributed by atoms with van der Waals surface area (Å²) in [5, 5.41) is 0.503. The van der Waals surface area contributed by atoms with Crippen LogP contribution in [-0.2, 0) is 4.79 Å². The number of piperazine rings is 1. The van der Waals surface area contributed by atoms with Crippen molar-refractivity contribution in [2.45, 2.75) is 19.9 Å². The van der Waals surface area contributed by atoms with Gasteiger partial charge in [0.15, 0.2) is 0 Å². The smallest absolute Gasteiger partial charge is 0.254 e. The number of halogens is 1. The van der Waals surface area contributed by atoms with Gasteiger partial charge in [-0.15, -0.1) is 0 Å². The molecule has 2 aromatic rings. The second-order valence-electron chi connectivity index (χ2n) is 6.10. The van der Waals surface area contributed by atoms with Crippen molar-refractivity contribution in [3.05, 3.63) is 59.1 Å². The van der Waals surface area contributed by atoms with E-state index in [1.807, 2.05) is 31.2 Å². The monoisotopic (exact) mass is 372 g/mol. The van der Waals surface area contributed by atoms with E-state index in [1.165, 1.54) is 0 Å². The molecule has 2 amide bonds. The van der Waals surface area contributed by atoms with Crippen molar-refractivity contribution in [1.82, 2.24) is 4.90 Å². The van der Waals surface area contributed by atoms with Gasteiger partial charge in [0, 0.05) is 29.4 Å². The van der Waals surface area contributed by atoms with Gasteiger partial charge in [0.1, 0.15) is 11.8 Å². The van der Waals surface area contributed by atoms with Crippen LogP contribution in [0.1, 0.15) is 24.2 Å². The highest BCUT2D eigenvalue weighted by Gasteiger charge is 2.35. The first-order chi connectivity index (χ1) is 12.5. The lowest BCUT2D eigenvalue weighted by Gasteiger charge is -2.39. The summed E-state index contributed by atoms with van der Waals surface area (Å²) in [5.74, 6) is 0.488. The predicted molar refractivity (Wildman–Crippen MR) is 102 cm³/mol. The van der Waals surface area contributed by atoms with Gasteiger partial charge in [0.25, 0.3) is 5.91 Å². The normalized spacial score (nSPS) is 17.3. The van der Waals surface area contributed by atoms with Crippen LogP contribution in [0.2, 0.25) is 5.02 Å². The maximum Gasteiger partial charge on any atom is 0.254 e. The lowest BCUT2D eigenvalue weighted by Crippen LogP contribution is -2.57. The summed E-state index contributed by atoms with van der Waals surface area (Å²) in [5.41, 5.74) is 1.30. The molecule has 136 valence electrons. The molecule has 0 saturated carbocycles. The molecule has 0 N–H and O–H groups in total. The van der Waals surface area contributed by atoms with E-state index >= 15 is 0 Å². The quantitative estimate of drug-likeness (QED) is 0.823. The Bertz CT molecular complexity index is 807. The van der Waals surface area contributed by atoms with Gasteiger partial charge in [-0.25, -0.2) is 0 Å². The molecule has 6 heteroatoms. The highest BCUT2D eigenvalue weighted by atomic mass is 35.5. The zero-order valence-electron chi connectivity index (χ0n) is 14.8. The van der Waals surface area contributed by atoms with Crippen LogP contribution in [0.5, 0.6) is 5.75 Å². The topological polar surface area (TPSA) is 49.9 Å². The van der Waals surface area contributed by atoms with E-state index in [-0.39, 0.29) is 11.8 Å². The summed E-state index contributed by atoms with van der Waals surface area (Å²) < 4.78 is 5.44. The number of hydrogen-bond acceptors (Lipinski definition) is 3. The molecule has 0 aromatic heterocycles. The van der Waals surface area contributed by atoms with E-state index in [1.54, 1.807) is 41.0 Å². The second-order valence-corrected chi connectivity index (χ2v) is 6.54. The minimum absolute atomic E-state index is 0.101. The van der Waals surface area contributed by atoms with Crippen LogP contribution in [-0.4, -0.2) is 42.5 Å². The molecule has 1 fully saturated rings. The van der Waals surface area contributed by atoms with Gasteiger partial charge < -0.3 is 14.5 Å². The van der Waals surface area contributed by atoms with Crippen LogP contribution in [0.3, 0.4) is 0 Å². The Morgan fingerprint density at radius 2 is 1.92 bits per heavy atom. The maximum absolute atomic E-state index is 12.8. The number of hydrogen-bond donors (Lipinski definition) is 0. The highest BCUT2D eigenvalue weighted by molar-refractivity contribution is 6.31. The average molecular weight is 373 g/mol. The standard InChI is InChI=1S/C20H21ClN2O3/c1-3-26-18-9-7-17(8-10-18)23-12-11-22(14(2)19(23)24)20(25)15-5-4-6-16(21)13-15/h4-10,13-14H,3,11-12H2,1-2H3. The molecular formula is C20H21ClN2O3. The molecule has 2 aromatic carbocycles. The lowest BCUT2D eigenvalue weighted by atomic mass is 10.1. The number of carbonyl (C=O) groups excluding carboxylic acids is 2. The minimum atomic E-state index is -0.540. The molecule has 1 heterocycles. The molecule has 0 aliphatic carbocycles. The van der Waals surface area contributed by atoms with E-state index < -0.39 is 6.04 Å². The van der Waals surface area contributed by atoms with Crippen LogP contribution in [0.15, 0.2) is 48.5 Å². The highest BCUT2D eigenvalue weighted by Crippen LogP contribution is 2.24. The van der Waals surface area contributed by atoms with E-state index in [2.05, 4.69) is 0 Å². The number of carbonyl (C=O) groups is 2. The van der Waals surface area contributed by atoms with Gasteiger partial charge in [-0.05, 0) is 56.3 Å². The molecule has 1 aliphatic rings. The van der Waals surface area contributed by atoms with Crippen LogP contribution >= 0.6 is 11.6 Å². The van der Waals surface area contributed by atoms with Gasteiger partial charge in [-0.3, -0.25) is 9.59 Å². The molecule has 5 nitrogen and oxygen atoms in total. The fraction of sp³-hybridized carbons (Fsp3) is 0.300. The van der Waals surface area contributed by atoms with Gasteiger partial charge >= 0.3 is 0 Å². The van der Waals surface area contributed by atoms with Crippen molar-refractivity contribution in [2.24, 2.45) is 0 Å². The van der Waals surface area contributed by atoms with Gasteiger partial charge in [-0.1, -0.05) is 17.7 Å². The van der Waals surface area contributed by atoms with Gasteiger partial charge in [0.05, 0.1) is 6.61 Å². The van der Waals surface area contributed by atoms with Gasteiger partial charge in [0.2, 0.25) is 5.91 Å². The summed E-state index contributed by atoms with van der Waals surface area (Å²) in [7, 11) is 0. The van der Waals surface area contributed by atoms with Crippen LogP contribution in [0, 0.1) is 0 Å². The molecule has 0 spiro atoms. The van der Waals surface area contributed by atoms with Crippen molar-refractivity contribution in [2.75, 3.05) is 24.6 Å². The molecule has 3 rings (SSSR count). The third-order valence-electron chi connectivity index (χ3n) is 4.45. The largest absolute Gasteiger partial charge is 0.494 e. The lowest BCUT2D eigenvalue weighted by molar-refractivity contribution is -0.124. The molecule has 1 saturated heterocycles. The third kappa shape index (κ3) is 3.68. The van der Waals surface area contributed by atoms with E-state index in [9.17, 15) is 9.59 Å². The molecule has 0 radical (unpaired) electrons. The summed E-state index contributed by atoms with van der Waals surface area (Å²) in [4.78, 5) is 28.9. The number of benzene rings is 2. The van der Waals surface area contributed by atoms with Crippen molar-refractivity contribution < 1.29 is 14.3 Å². The summed E-state index contributed by atoms with van der Waals surface area (Å²) in [6.45, 7) is 5.19. The molecule has 0 bridgehead atoms. The first kappa shape index (κ1) is 18.3. The van der Waals surface area contributed by atoms with Crippen molar-refractivity contribution in [1.29, 1.82) is 0 Å². The summed E-state index contributed by atoms with van der Waals surface area (Å²) >= 11 is 5.98. The first-order valence-electron chi connectivity index (χ1n) is 8.62. The van der Waals surface area contributed by atoms with Crippen LogP contribution in [0.4, 0.5) is 5.69 Å². The first-order valence-corrected chi connectivity index (χ1v) is 9.00. The molecule has 1 unspecified atom stereocenters. The van der Waals surface area contributed by atoms with Crippen molar-refractivity contribution >= 4 is 29.1 Å². The van der Waals surface area contributed by atoms with Crippen LogP contribution < -0.4 is 9.64 Å². The van der Waals surface area contributed by atoms with E-state index in [0.717, 1.165) is 11.4 Å². The number of amides is 2. The number of anilines is 1. The SMILES string of the molecule is CCOc1ccc(N2CCN(C(=O)c3cccc(Cl)c3)C(C)C2=O)cc1. The fourth-order valence-corrected chi connectivity index (χ4v) is 3.27. The molecule has 1 atom stereocenters. The Hall–Kier alpha value is -2.53. The zero-order chi connectivity index (χ0) is 18.7. The van der Waals surface area contributed by atoms with Crippen LogP contribution in [0.25, 0.3) is 0 Å². The van der Waals surface area contributed by atoms with Crippen molar-refractivity contribution in [3.63, 3.8) is 0 Å². The number of rotatable bonds is 4. The molecular weight excluding hydrogens is 352 g/mol. The van der Waals surface area contributed by atoms with Gasteiger partial charge in [-0.2, -0.15) is 0 Å². The zero-order valence-corrected chi connectivity index (χ0v) is 15.6. The summed E-state index contributed by atoms with van der Waals surface area (Å²) in [6, 6.07) is 13.7. The average Bonchev–Trinajstić information content (AvgIpc) is 2.64. The van der Waals surface area contributed by atoms with E-state index in [0.29, 0.717) is 30.3 Å². The number of ether oxygens (including phenoxy) is 1. The predicted octanol–water partition coefficient (Wildman–Crippen LogP) is 3.62. The Balaban J connectivity index is 1.75. The summed E-state index contributed by atoms with van der Waals surface area (Å²) in [6.07, 6.45) is 0. The molecule has 26 heavy (non-hydrogen) atoms. The Labute approximate surface area is 158 Å². The Kier molecular flexibility index (Phi) is 5.47. The minimum Gasteiger partial charge on any atom is -0.494 e. The second kappa shape index (κ2) is 7.79. The number of nitrogens with zero attached hydrogens (tertiary/aromatic N) is 2. The Morgan fingerprint density at radius 1 is 1.19 bits per heavy atom. The maximum atomic E-state index is 12.8. The molecule has 1 aliphatic heterocycles. The Morgan fingerprint density at radius 3 is 2.58 bits per heavy atom. The third-order valence-corrected chi connectivity index (χ3v) is 4.68. The van der Waals surface area contributed by atoms with Crippen molar-refractivity contribution in [3.8, 4) is 5.75 Å².